The Morgan fingerprint density at radius 1 is 1.25 bits per heavy atom. The summed E-state index contributed by atoms with van der Waals surface area (Å²) in [5.41, 5.74) is 5.15. The van der Waals surface area contributed by atoms with Crippen molar-refractivity contribution in [3.05, 3.63) is 0 Å². The van der Waals surface area contributed by atoms with Crippen LogP contribution < -0.4 is 11.1 Å². The summed E-state index contributed by atoms with van der Waals surface area (Å²) in [6, 6.07) is 0. The van der Waals surface area contributed by atoms with E-state index in [0.29, 0.717) is 13.0 Å². The molecule has 0 unspecified atom stereocenters. The molecule has 0 saturated heterocycles. The van der Waals surface area contributed by atoms with Crippen molar-refractivity contribution < 1.29 is 9.90 Å². The molecule has 0 aliphatic carbocycles. The van der Waals surface area contributed by atoms with E-state index in [2.05, 4.69) is 5.32 Å². The van der Waals surface area contributed by atoms with Crippen LogP contribution in [0.1, 0.15) is 46.0 Å². The Morgan fingerprint density at radius 3 is 2.44 bits per heavy atom. The standard InChI is InChI=1S/C12H26N2O2/c1-12(2,10-15)9-14-11(16)7-5-3-4-6-8-13/h15H,3-10,13H2,1-2H3,(H,14,16). The van der Waals surface area contributed by atoms with E-state index in [4.69, 9.17) is 10.8 Å². The summed E-state index contributed by atoms with van der Waals surface area (Å²) in [7, 11) is 0. The first-order chi connectivity index (χ1) is 7.52. The van der Waals surface area contributed by atoms with Gasteiger partial charge in [-0.15, -0.1) is 0 Å². The predicted molar refractivity (Wildman–Crippen MR) is 66.0 cm³/mol. The first kappa shape index (κ1) is 15.4. The van der Waals surface area contributed by atoms with E-state index in [0.717, 1.165) is 32.2 Å². The zero-order chi connectivity index (χ0) is 12.4. The van der Waals surface area contributed by atoms with Gasteiger partial charge in [0, 0.05) is 25.0 Å². The molecule has 4 N–H and O–H groups in total. The van der Waals surface area contributed by atoms with Crippen molar-refractivity contribution in [2.45, 2.75) is 46.0 Å². The van der Waals surface area contributed by atoms with Crippen LogP contribution in [0.4, 0.5) is 0 Å². The lowest BCUT2D eigenvalue weighted by molar-refractivity contribution is -0.121. The van der Waals surface area contributed by atoms with E-state index >= 15 is 0 Å². The maximum absolute atomic E-state index is 11.4. The molecular formula is C12H26N2O2. The lowest BCUT2D eigenvalue weighted by Crippen LogP contribution is -2.35. The van der Waals surface area contributed by atoms with Crippen molar-refractivity contribution in [1.29, 1.82) is 0 Å². The van der Waals surface area contributed by atoms with Gasteiger partial charge in [0.05, 0.1) is 0 Å². The van der Waals surface area contributed by atoms with Crippen LogP contribution in [-0.4, -0.2) is 30.7 Å². The molecule has 1 amide bonds. The van der Waals surface area contributed by atoms with Gasteiger partial charge in [-0.1, -0.05) is 26.7 Å². The Kier molecular flexibility index (Phi) is 8.21. The summed E-state index contributed by atoms with van der Waals surface area (Å²) in [4.78, 5) is 11.4. The monoisotopic (exact) mass is 230 g/mol. The number of carbonyl (C=O) groups is 1. The Bertz CT molecular complexity index is 193. The van der Waals surface area contributed by atoms with E-state index in [1.165, 1.54) is 0 Å². The normalized spacial score (nSPS) is 11.5. The second-order valence-corrected chi connectivity index (χ2v) is 5.05. The van der Waals surface area contributed by atoms with Crippen LogP contribution in [0.15, 0.2) is 0 Å². The van der Waals surface area contributed by atoms with E-state index in [-0.39, 0.29) is 17.9 Å². The Hall–Kier alpha value is -0.610. The maximum atomic E-state index is 11.4. The lowest BCUT2D eigenvalue weighted by atomic mass is 9.95. The second-order valence-electron chi connectivity index (χ2n) is 5.05. The minimum Gasteiger partial charge on any atom is -0.396 e. The van der Waals surface area contributed by atoms with Gasteiger partial charge in [0.15, 0.2) is 0 Å². The van der Waals surface area contributed by atoms with E-state index in [1.807, 2.05) is 13.8 Å². The minimum absolute atomic E-state index is 0.0780. The zero-order valence-corrected chi connectivity index (χ0v) is 10.6. The van der Waals surface area contributed by atoms with Gasteiger partial charge in [0.25, 0.3) is 0 Å². The van der Waals surface area contributed by atoms with Crippen LogP contribution in [-0.2, 0) is 4.79 Å². The summed E-state index contributed by atoms with van der Waals surface area (Å²) in [6.07, 6.45) is 4.70. The molecule has 0 aromatic rings. The third-order valence-electron chi connectivity index (χ3n) is 2.55. The van der Waals surface area contributed by atoms with Crippen molar-refractivity contribution in [3.63, 3.8) is 0 Å². The molecule has 0 atom stereocenters. The Labute approximate surface area is 98.6 Å². The lowest BCUT2D eigenvalue weighted by Gasteiger charge is -2.21. The molecule has 16 heavy (non-hydrogen) atoms. The molecule has 4 nitrogen and oxygen atoms in total. The molecule has 0 fully saturated rings. The fourth-order valence-corrected chi connectivity index (χ4v) is 1.27. The highest BCUT2D eigenvalue weighted by atomic mass is 16.3. The number of aliphatic hydroxyl groups is 1. The quantitative estimate of drug-likeness (QED) is 0.518. The number of unbranched alkanes of at least 4 members (excludes halogenated alkanes) is 3. The van der Waals surface area contributed by atoms with E-state index < -0.39 is 0 Å². The van der Waals surface area contributed by atoms with E-state index in [9.17, 15) is 4.79 Å². The predicted octanol–water partition coefficient (Wildman–Crippen LogP) is 1.03. The third kappa shape index (κ3) is 8.68. The maximum Gasteiger partial charge on any atom is 0.220 e. The fourth-order valence-electron chi connectivity index (χ4n) is 1.27. The zero-order valence-electron chi connectivity index (χ0n) is 10.6. The summed E-state index contributed by atoms with van der Waals surface area (Å²) in [5, 5.41) is 11.9. The summed E-state index contributed by atoms with van der Waals surface area (Å²) < 4.78 is 0. The van der Waals surface area contributed by atoms with Gasteiger partial charge >= 0.3 is 0 Å². The number of nitrogens with one attached hydrogen (secondary N) is 1. The second kappa shape index (κ2) is 8.53. The van der Waals surface area contributed by atoms with Gasteiger partial charge in [0.1, 0.15) is 0 Å². The largest absolute Gasteiger partial charge is 0.396 e. The van der Waals surface area contributed by atoms with Gasteiger partial charge in [-0.25, -0.2) is 0 Å². The minimum atomic E-state index is -0.227. The number of hydrogen-bond acceptors (Lipinski definition) is 3. The number of hydrogen-bond donors (Lipinski definition) is 3. The molecule has 0 spiro atoms. The molecule has 0 heterocycles. The number of amides is 1. The first-order valence-electron chi connectivity index (χ1n) is 6.09. The highest BCUT2D eigenvalue weighted by molar-refractivity contribution is 5.75. The number of nitrogens with two attached hydrogens (primary N) is 1. The Balaban J connectivity index is 3.45. The van der Waals surface area contributed by atoms with Crippen molar-refractivity contribution in [2.75, 3.05) is 19.7 Å². The summed E-state index contributed by atoms with van der Waals surface area (Å²) in [6.45, 7) is 5.20. The molecule has 4 heteroatoms. The third-order valence-corrected chi connectivity index (χ3v) is 2.55. The summed E-state index contributed by atoms with van der Waals surface area (Å²) >= 11 is 0. The highest BCUT2D eigenvalue weighted by Gasteiger charge is 2.16. The fraction of sp³-hybridized carbons (Fsp3) is 0.917. The molecule has 0 radical (unpaired) electrons. The Morgan fingerprint density at radius 2 is 1.88 bits per heavy atom. The van der Waals surface area contributed by atoms with Crippen LogP contribution in [0.2, 0.25) is 0 Å². The number of carbonyl (C=O) groups excluding carboxylic acids is 1. The van der Waals surface area contributed by atoms with Crippen LogP contribution in [0.3, 0.4) is 0 Å². The van der Waals surface area contributed by atoms with Gasteiger partial charge in [-0.3, -0.25) is 4.79 Å². The van der Waals surface area contributed by atoms with Gasteiger partial charge in [-0.2, -0.15) is 0 Å². The van der Waals surface area contributed by atoms with Crippen LogP contribution in [0.5, 0.6) is 0 Å². The van der Waals surface area contributed by atoms with Crippen LogP contribution in [0, 0.1) is 5.41 Å². The molecule has 0 aliphatic rings. The van der Waals surface area contributed by atoms with Gasteiger partial charge in [-0.05, 0) is 19.4 Å². The molecule has 0 bridgehead atoms. The van der Waals surface area contributed by atoms with Crippen molar-refractivity contribution in [1.82, 2.24) is 5.32 Å². The molecule has 0 aromatic carbocycles. The molecule has 96 valence electrons. The summed E-state index contributed by atoms with van der Waals surface area (Å²) in [5.74, 6) is 0.0780. The number of rotatable bonds is 9. The van der Waals surface area contributed by atoms with Crippen molar-refractivity contribution in [2.24, 2.45) is 11.1 Å². The van der Waals surface area contributed by atoms with Crippen LogP contribution >= 0.6 is 0 Å². The molecule has 0 aromatic heterocycles. The topological polar surface area (TPSA) is 75.3 Å². The van der Waals surface area contributed by atoms with Crippen molar-refractivity contribution >= 4 is 5.91 Å². The smallest absolute Gasteiger partial charge is 0.220 e. The van der Waals surface area contributed by atoms with E-state index in [1.54, 1.807) is 0 Å². The molecular weight excluding hydrogens is 204 g/mol. The average molecular weight is 230 g/mol. The van der Waals surface area contributed by atoms with Crippen molar-refractivity contribution in [3.8, 4) is 0 Å². The number of aliphatic hydroxyl groups excluding tert-OH is 1. The van der Waals surface area contributed by atoms with Gasteiger partial charge < -0.3 is 16.2 Å². The first-order valence-corrected chi connectivity index (χ1v) is 6.09. The highest BCUT2D eigenvalue weighted by Crippen LogP contribution is 2.11. The average Bonchev–Trinajstić information content (AvgIpc) is 2.26. The van der Waals surface area contributed by atoms with Gasteiger partial charge in [0.2, 0.25) is 5.91 Å². The molecule has 0 saturated carbocycles. The molecule has 0 rings (SSSR count). The van der Waals surface area contributed by atoms with Crippen LogP contribution in [0.25, 0.3) is 0 Å². The SMILES string of the molecule is CC(C)(CO)CNC(=O)CCCCCCN. The molecule has 0 aliphatic heterocycles.